The lowest BCUT2D eigenvalue weighted by atomic mass is 9.89. The van der Waals surface area contributed by atoms with Crippen LogP contribution in [-0.4, -0.2) is 49.5 Å². The average Bonchev–Trinajstić information content (AvgIpc) is 2.49. The highest BCUT2D eigenvalue weighted by Crippen LogP contribution is 2.38. The number of morpholine rings is 1. The van der Waals surface area contributed by atoms with Crippen LogP contribution in [0.4, 0.5) is 0 Å². The third-order valence-corrected chi connectivity index (χ3v) is 4.68. The van der Waals surface area contributed by atoms with E-state index in [0.717, 1.165) is 63.6 Å². The topological polar surface area (TPSA) is 34.1 Å². The van der Waals surface area contributed by atoms with E-state index in [1.165, 1.54) is 0 Å². The van der Waals surface area contributed by atoms with Crippen molar-refractivity contribution in [2.75, 3.05) is 39.5 Å². The lowest BCUT2D eigenvalue weighted by Gasteiger charge is -2.29. The van der Waals surface area contributed by atoms with Crippen LogP contribution in [0, 0.1) is 5.92 Å². The predicted octanol–water partition coefficient (Wildman–Crippen LogP) is 3.12. The Morgan fingerprint density at radius 3 is 2.95 bits per heavy atom. The molecule has 3 rings (SSSR count). The van der Waals surface area contributed by atoms with Crippen LogP contribution >= 0.6 is 23.2 Å². The summed E-state index contributed by atoms with van der Waals surface area (Å²) in [6.07, 6.45) is 4.60. The number of rotatable bonds is 4. The Bertz CT molecular complexity index is 482. The van der Waals surface area contributed by atoms with Crippen LogP contribution in [0.2, 0.25) is 0 Å². The number of nitrogens with zero attached hydrogens (tertiary/aromatic N) is 2. The molecule has 0 aromatic carbocycles. The van der Waals surface area contributed by atoms with Gasteiger partial charge in [-0.3, -0.25) is 4.90 Å². The number of hydrogen-bond acceptors (Lipinski definition) is 4. The van der Waals surface area contributed by atoms with Gasteiger partial charge in [0.15, 0.2) is 0 Å². The van der Waals surface area contributed by atoms with Crippen LogP contribution in [0.15, 0.2) is 27.6 Å². The normalized spacial score (nSPS) is 27.0. The highest BCUT2D eigenvalue weighted by atomic mass is 35.5. The van der Waals surface area contributed by atoms with Crippen molar-refractivity contribution >= 4 is 28.4 Å². The standard InChI is InChI=1S/C15H20Cl2N2O2/c16-13-10-12(9-11-1-2-14(17)18-15(11)13)21-8-5-19-3-6-20-7-4-19/h10-11H,1-9H2. The van der Waals surface area contributed by atoms with E-state index in [9.17, 15) is 0 Å². The molecule has 1 aliphatic carbocycles. The molecule has 0 radical (unpaired) electrons. The molecule has 0 aromatic heterocycles. The van der Waals surface area contributed by atoms with Gasteiger partial charge in [-0.15, -0.1) is 0 Å². The SMILES string of the molecule is ClC1=NC2=C(Cl)C=C(OCCN3CCOCC3)CC2CC1. The van der Waals surface area contributed by atoms with E-state index in [1.807, 2.05) is 6.08 Å². The fourth-order valence-corrected chi connectivity index (χ4v) is 3.42. The second kappa shape index (κ2) is 7.14. The maximum absolute atomic E-state index is 6.31. The Balaban J connectivity index is 1.54. The molecule has 0 amide bonds. The molecule has 0 N–H and O–H groups in total. The van der Waals surface area contributed by atoms with Crippen LogP contribution in [0.3, 0.4) is 0 Å². The molecule has 6 heteroatoms. The van der Waals surface area contributed by atoms with Crippen LogP contribution in [-0.2, 0) is 9.47 Å². The first kappa shape index (κ1) is 15.3. The van der Waals surface area contributed by atoms with Gasteiger partial charge in [0.1, 0.15) is 11.8 Å². The van der Waals surface area contributed by atoms with E-state index >= 15 is 0 Å². The van der Waals surface area contributed by atoms with Crippen LogP contribution in [0.25, 0.3) is 0 Å². The van der Waals surface area contributed by atoms with Crippen molar-refractivity contribution in [1.82, 2.24) is 4.90 Å². The van der Waals surface area contributed by atoms with Gasteiger partial charge in [-0.25, -0.2) is 4.99 Å². The zero-order valence-corrected chi connectivity index (χ0v) is 13.5. The second-order valence-corrected chi connectivity index (χ2v) is 6.42. The molecule has 1 atom stereocenters. The Morgan fingerprint density at radius 1 is 1.33 bits per heavy atom. The van der Waals surface area contributed by atoms with E-state index in [0.29, 0.717) is 22.7 Å². The minimum absolute atomic E-state index is 0.350. The summed E-state index contributed by atoms with van der Waals surface area (Å²) in [5, 5.41) is 1.33. The number of fused-ring (bicyclic) bond motifs is 1. The molecule has 4 nitrogen and oxygen atoms in total. The molecule has 1 unspecified atom stereocenters. The molecule has 1 saturated heterocycles. The van der Waals surface area contributed by atoms with Gasteiger partial charge >= 0.3 is 0 Å². The molecular weight excluding hydrogens is 311 g/mol. The van der Waals surface area contributed by atoms with Crippen molar-refractivity contribution in [2.45, 2.75) is 19.3 Å². The molecule has 116 valence electrons. The van der Waals surface area contributed by atoms with E-state index in [2.05, 4.69) is 9.89 Å². The van der Waals surface area contributed by atoms with Gasteiger partial charge in [0.05, 0.1) is 29.7 Å². The number of ether oxygens (including phenoxy) is 2. The number of allylic oxidation sites excluding steroid dienone is 4. The number of aliphatic imine (C=N–C) groups is 1. The lowest BCUT2D eigenvalue weighted by Crippen LogP contribution is -2.38. The summed E-state index contributed by atoms with van der Waals surface area (Å²) in [6, 6.07) is 0. The highest BCUT2D eigenvalue weighted by molar-refractivity contribution is 6.65. The van der Waals surface area contributed by atoms with E-state index < -0.39 is 0 Å². The third kappa shape index (κ3) is 4.01. The van der Waals surface area contributed by atoms with Gasteiger partial charge in [0.25, 0.3) is 0 Å². The average molecular weight is 331 g/mol. The quantitative estimate of drug-likeness (QED) is 0.794. The molecule has 21 heavy (non-hydrogen) atoms. The molecule has 3 aliphatic rings. The predicted molar refractivity (Wildman–Crippen MR) is 84.8 cm³/mol. The van der Waals surface area contributed by atoms with Gasteiger partial charge in [0, 0.05) is 38.4 Å². The molecule has 0 aromatic rings. The van der Waals surface area contributed by atoms with Crippen molar-refractivity contribution in [3.05, 3.63) is 22.6 Å². The minimum Gasteiger partial charge on any atom is -0.497 e. The van der Waals surface area contributed by atoms with Gasteiger partial charge in [0.2, 0.25) is 0 Å². The fraction of sp³-hybridized carbons (Fsp3) is 0.667. The lowest BCUT2D eigenvalue weighted by molar-refractivity contribution is 0.0267. The largest absolute Gasteiger partial charge is 0.497 e. The zero-order valence-electron chi connectivity index (χ0n) is 12.0. The first-order valence-corrected chi connectivity index (χ1v) is 8.24. The molecule has 0 saturated carbocycles. The Kier molecular flexibility index (Phi) is 5.22. The molecule has 2 aliphatic heterocycles. The molecular formula is C15H20Cl2N2O2. The second-order valence-electron chi connectivity index (χ2n) is 5.57. The summed E-state index contributed by atoms with van der Waals surface area (Å²) in [5.74, 6) is 1.32. The van der Waals surface area contributed by atoms with Gasteiger partial charge in [-0.1, -0.05) is 23.2 Å². The minimum atomic E-state index is 0.350. The van der Waals surface area contributed by atoms with E-state index in [1.54, 1.807) is 0 Å². The van der Waals surface area contributed by atoms with E-state index in [-0.39, 0.29) is 0 Å². The van der Waals surface area contributed by atoms with Crippen LogP contribution in [0.1, 0.15) is 19.3 Å². The van der Waals surface area contributed by atoms with Crippen molar-refractivity contribution in [3.8, 4) is 0 Å². The van der Waals surface area contributed by atoms with Gasteiger partial charge < -0.3 is 9.47 Å². The fourth-order valence-electron chi connectivity index (χ4n) is 2.90. The van der Waals surface area contributed by atoms with Gasteiger partial charge in [-0.05, 0) is 12.5 Å². The smallest absolute Gasteiger partial charge is 0.106 e. The van der Waals surface area contributed by atoms with Gasteiger partial charge in [-0.2, -0.15) is 0 Å². The summed E-state index contributed by atoms with van der Waals surface area (Å²) < 4.78 is 11.2. The van der Waals surface area contributed by atoms with Crippen molar-refractivity contribution < 1.29 is 9.47 Å². The summed E-state index contributed by atoms with van der Waals surface area (Å²) in [6.45, 7) is 5.25. The van der Waals surface area contributed by atoms with Crippen LogP contribution in [0.5, 0.6) is 0 Å². The molecule has 0 bridgehead atoms. The Labute approximate surface area is 135 Å². The Hall–Kier alpha value is -0.550. The van der Waals surface area contributed by atoms with Crippen molar-refractivity contribution in [3.63, 3.8) is 0 Å². The first-order chi connectivity index (χ1) is 10.2. The van der Waals surface area contributed by atoms with E-state index in [4.69, 9.17) is 32.7 Å². The third-order valence-electron chi connectivity index (χ3n) is 4.11. The van der Waals surface area contributed by atoms with Crippen molar-refractivity contribution in [1.29, 1.82) is 0 Å². The highest BCUT2D eigenvalue weighted by Gasteiger charge is 2.27. The summed E-state index contributed by atoms with van der Waals surface area (Å²) in [7, 11) is 0. The molecule has 1 fully saturated rings. The summed E-state index contributed by atoms with van der Waals surface area (Å²) in [5.41, 5.74) is 0.924. The first-order valence-electron chi connectivity index (χ1n) is 7.48. The Morgan fingerprint density at radius 2 is 2.14 bits per heavy atom. The van der Waals surface area contributed by atoms with Crippen LogP contribution < -0.4 is 0 Å². The monoisotopic (exact) mass is 330 g/mol. The maximum atomic E-state index is 6.31. The van der Waals surface area contributed by atoms with Crippen molar-refractivity contribution in [2.24, 2.45) is 10.9 Å². The summed E-state index contributed by atoms with van der Waals surface area (Å²) in [4.78, 5) is 6.74. The summed E-state index contributed by atoms with van der Waals surface area (Å²) >= 11 is 12.3. The number of hydrogen-bond donors (Lipinski definition) is 0. The molecule has 2 heterocycles. The zero-order chi connectivity index (χ0) is 14.7. The molecule has 0 spiro atoms. The maximum Gasteiger partial charge on any atom is 0.106 e. The number of halogens is 2.